The minimum atomic E-state index is -0.191. The summed E-state index contributed by atoms with van der Waals surface area (Å²) in [5.74, 6) is 0.305. The second-order valence-electron chi connectivity index (χ2n) is 9.34. The molecule has 0 radical (unpaired) electrons. The number of piperidine rings is 1. The average molecular weight is 457 g/mol. The number of benzene rings is 2. The Bertz CT molecular complexity index is 887. The molecule has 1 saturated heterocycles. The molecule has 1 heterocycles. The van der Waals surface area contributed by atoms with Gasteiger partial charge in [-0.2, -0.15) is 0 Å². The summed E-state index contributed by atoms with van der Waals surface area (Å²) in [5.41, 5.74) is 1.98. The van der Waals surface area contributed by atoms with Crippen molar-refractivity contribution in [3.05, 3.63) is 64.1 Å². The summed E-state index contributed by atoms with van der Waals surface area (Å²) in [7, 11) is 0. The first kappa shape index (κ1) is 21.7. The number of nitrogens with one attached hydrogen (secondary N) is 2. The minimum Gasteiger partial charge on any atom is -0.322 e. The molecule has 0 aromatic heterocycles. The van der Waals surface area contributed by atoms with E-state index in [0.717, 1.165) is 23.0 Å². The third kappa shape index (κ3) is 6.00. The van der Waals surface area contributed by atoms with Crippen molar-refractivity contribution in [2.75, 3.05) is 5.32 Å². The SMILES string of the molecule is CC1(C)CC(CC(=O)c2ccc(C(=O)Nc3cccc(Br)c3)cc2)CC(C)(C)N1. The standard InChI is InChI=1S/C24H29BrN2O2/c1-23(2)14-16(15-24(3,4)27-23)12-21(28)17-8-10-18(11-9-17)22(29)26-20-7-5-6-19(25)13-20/h5-11,13,16,27H,12,14-15H2,1-4H3,(H,26,29). The number of amides is 1. The highest BCUT2D eigenvalue weighted by Crippen LogP contribution is 2.35. The molecule has 0 bridgehead atoms. The minimum absolute atomic E-state index is 0.0288. The van der Waals surface area contributed by atoms with Crippen LogP contribution in [0.5, 0.6) is 0 Å². The molecular weight excluding hydrogens is 428 g/mol. The average Bonchev–Trinajstić information content (AvgIpc) is 2.59. The van der Waals surface area contributed by atoms with Crippen LogP contribution in [0.2, 0.25) is 0 Å². The molecule has 0 atom stereocenters. The van der Waals surface area contributed by atoms with Crippen LogP contribution in [-0.4, -0.2) is 22.8 Å². The van der Waals surface area contributed by atoms with Gasteiger partial charge >= 0.3 is 0 Å². The molecule has 1 amide bonds. The van der Waals surface area contributed by atoms with Crippen molar-refractivity contribution in [2.24, 2.45) is 5.92 Å². The van der Waals surface area contributed by atoms with Gasteiger partial charge in [-0.3, -0.25) is 9.59 Å². The molecule has 2 aromatic rings. The Kier molecular flexibility index (Phi) is 6.30. The highest BCUT2D eigenvalue weighted by molar-refractivity contribution is 9.10. The topological polar surface area (TPSA) is 58.2 Å². The number of Topliss-reactive ketones (excluding diaryl/α,β-unsaturated/α-hetero) is 1. The molecule has 29 heavy (non-hydrogen) atoms. The van der Waals surface area contributed by atoms with Gasteiger partial charge < -0.3 is 10.6 Å². The van der Waals surface area contributed by atoms with Crippen LogP contribution in [0.4, 0.5) is 5.69 Å². The first-order valence-electron chi connectivity index (χ1n) is 10.0. The van der Waals surface area contributed by atoms with E-state index in [1.807, 2.05) is 24.3 Å². The van der Waals surface area contributed by atoms with Crippen molar-refractivity contribution in [1.82, 2.24) is 5.32 Å². The van der Waals surface area contributed by atoms with Gasteiger partial charge in [-0.1, -0.05) is 34.1 Å². The largest absolute Gasteiger partial charge is 0.322 e. The first-order valence-corrected chi connectivity index (χ1v) is 10.8. The van der Waals surface area contributed by atoms with Gasteiger partial charge in [0.15, 0.2) is 5.78 Å². The molecule has 2 N–H and O–H groups in total. The zero-order valence-corrected chi connectivity index (χ0v) is 19.1. The summed E-state index contributed by atoms with van der Waals surface area (Å²) in [6.07, 6.45) is 2.50. The third-order valence-electron chi connectivity index (χ3n) is 5.30. The molecule has 0 unspecified atom stereocenters. The van der Waals surface area contributed by atoms with E-state index in [1.54, 1.807) is 24.3 Å². The molecule has 0 aliphatic carbocycles. The quantitative estimate of drug-likeness (QED) is 0.556. The maximum Gasteiger partial charge on any atom is 0.255 e. The lowest BCUT2D eigenvalue weighted by molar-refractivity contribution is 0.0863. The normalized spacial score (nSPS) is 18.2. The van der Waals surface area contributed by atoms with Crippen LogP contribution in [0.15, 0.2) is 53.0 Å². The Labute approximate surface area is 181 Å². The highest BCUT2D eigenvalue weighted by Gasteiger charge is 2.38. The lowest BCUT2D eigenvalue weighted by atomic mass is 9.74. The number of carbonyl (C=O) groups is 2. The molecule has 0 saturated carbocycles. The Morgan fingerprint density at radius 2 is 1.59 bits per heavy atom. The summed E-state index contributed by atoms with van der Waals surface area (Å²) in [5, 5.41) is 6.53. The van der Waals surface area contributed by atoms with Crippen molar-refractivity contribution in [3.8, 4) is 0 Å². The number of carbonyl (C=O) groups excluding carboxylic acids is 2. The van der Waals surface area contributed by atoms with Crippen LogP contribution < -0.4 is 10.6 Å². The van der Waals surface area contributed by atoms with Crippen molar-refractivity contribution in [1.29, 1.82) is 0 Å². The van der Waals surface area contributed by atoms with Gasteiger partial charge in [-0.05, 0) is 76.8 Å². The van der Waals surface area contributed by atoms with E-state index in [4.69, 9.17) is 0 Å². The van der Waals surface area contributed by atoms with E-state index in [1.165, 1.54) is 0 Å². The van der Waals surface area contributed by atoms with Crippen LogP contribution >= 0.6 is 15.9 Å². The number of anilines is 1. The Morgan fingerprint density at radius 3 is 2.17 bits per heavy atom. The lowest BCUT2D eigenvalue weighted by Crippen LogP contribution is -2.57. The van der Waals surface area contributed by atoms with Gasteiger partial charge in [0.25, 0.3) is 5.91 Å². The third-order valence-corrected chi connectivity index (χ3v) is 5.79. The van der Waals surface area contributed by atoms with Crippen LogP contribution in [0, 0.1) is 5.92 Å². The predicted octanol–water partition coefficient (Wildman–Crippen LogP) is 5.83. The fraction of sp³-hybridized carbons (Fsp3) is 0.417. The molecule has 1 aliphatic rings. The molecule has 154 valence electrons. The van der Waals surface area contributed by atoms with Crippen LogP contribution in [0.25, 0.3) is 0 Å². The smallest absolute Gasteiger partial charge is 0.255 e. The maximum absolute atomic E-state index is 12.8. The Morgan fingerprint density at radius 1 is 1.00 bits per heavy atom. The second kappa shape index (κ2) is 8.41. The molecule has 3 rings (SSSR count). The monoisotopic (exact) mass is 456 g/mol. The van der Waals surface area contributed by atoms with Crippen molar-refractivity contribution < 1.29 is 9.59 Å². The Balaban J connectivity index is 1.63. The van der Waals surface area contributed by atoms with E-state index in [2.05, 4.69) is 54.3 Å². The van der Waals surface area contributed by atoms with E-state index >= 15 is 0 Å². The molecular formula is C24H29BrN2O2. The molecule has 5 heteroatoms. The fourth-order valence-corrected chi connectivity index (χ4v) is 5.03. The number of ketones is 1. The van der Waals surface area contributed by atoms with Crippen LogP contribution in [0.3, 0.4) is 0 Å². The number of rotatable bonds is 5. The fourth-order valence-electron chi connectivity index (χ4n) is 4.64. The Hall–Kier alpha value is -1.98. The zero-order chi connectivity index (χ0) is 21.2. The molecule has 1 fully saturated rings. The second-order valence-corrected chi connectivity index (χ2v) is 10.3. The number of hydrogen-bond acceptors (Lipinski definition) is 3. The van der Waals surface area contributed by atoms with Gasteiger partial charge in [0.1, 0.15) is 0 Å². The van der Waals surface area contributed by atoms with Crippen molar-refractivity contribution in [2.45, 2.75) is 58.0 Å². The zero-order valence-electron chi connectivity index (χ0n) is 17.5. The molecule has 2 aromatic carbocycles. The summed E-state index contributed by atoms with van der Waals surface area (Å²) in [4.78, 5) is 25.3. The van der Waals surface area contributed by atoms with Gasteiger partial charge in [0.05, 0.1) is 0 Å². The van der Waals surface area contributed by atoms with Crippen LogP contribution in [-0.2, 0) is 0 Å². The maximum atomic E-state index is 12.8. The van der Waals surface area contributed by atoms with Gasteiger partial charge in [-0.15, -0.1) is 0 Å². The summed E-state index contributed by atoms with van der Waals surface area (Å²) >= 11 is 3.40. The van der Waals surface area contributed by atoms with Crippen LogP contribution in [0.1, 0.15) is 67.7 Å². The van der Waals surface area contributed by atoms with Crippen molar-refractivity contribution in [3.63, 3.8) is 0 Å². The van der Waals surface area contributed by atoms with E-state index in [0.29, 0.717) is 23.5 Å². The molecule has 1 aliphatic heterocycles. The summed E-state index contributed by atoms with van der Waals surface area (Å²) in [6.45, 7) is 8.79. The molecule has 0 spiro atoms. The lowest BCUT2D eigenvalue weighted by Gasteiger charge is -2.46. The summed E-state index contributed by atoms with van der Waals surface area (Å²) < 4.78 is 0.903. The van der Waals surface area contributed by atoms with Gasteiger partial charge in [0.2, 0.25) is 0 Å². The van der Waals surface area contributed by atoms with E-state index < -0.39 is 0 Å². The molecule has 4 nitrogen and oxygen atoms in total. The summed E-state index contributed by atoms with van der Waals surface area (Å²) in [6, 6.07) is 14.4. The van der Waals surface area contributed by atoms with E-state index in [9.17, 15) is 9.59 Å². The van der Waals surface area contributed by atoms with Gasteiger partial charge in [-0.25, -0.2) is 0 Å². The highest BCUT2D eigenvalue weighted by atomic mass is 79.9. The number of hydrogen-bond donors (Lipinski definition) is 2. The van der Waals surface area contributed by atoms with Crippen molar-refractivity contribution >= 4 is 33.3 Å². The first-order chi connectivity index (χ1) is 13.5. The predicted molar refractivity (Wildman–Crippen MR) is 122 cm³/mol. The van der Waals surface area contributed by atoms with Gasteiger partial charge in [0, 0.05) is 38.8 Å². The number of halogens is 1. The van der Waals surface area contributed by atoms with E-state index in [-0.39, 0.29) is 22.8 Å².